The van der Waals surface area contributed by atoms with Crippen molar-refractivity contribution < 1.29 is 38.1 Å². The molecule has 0 bridgehead atoms. The fraction of sp³-hybridized carbons (Fsp3) is 0.565. The van der Waals surface area contributed by atoms with E-state index in [0.717, 1.165) is 0 Å². The smallest absolute Gasteiger partial charge is 0.407 e. The molecule has 2 unspecified atom stereocenters. The molecule has 0 fully saturated rings. The number of nitrogens with one attached hydrogen (secondary N) is 1. The molecular formula is C23H34N2O8. The maximum absolute atomic E-state index is 12.5. The Balaban J connectivity index is 2.98. The number of esters is 2. The topological polar surface area (TPSA) is 143 Å². The van der Waals surface area contributed by atoms with Crippen LogP contribution in [0.1, 0.15) is 58.8 Å². The summed E-state index contributed by atoms with van der Waals surface area (Å²) in [6.45, 7) is 11.8. The Labute approximate surface area is 194 Å². The molecule has 2 atom stereocenters. The molecule has 1 amide bonds. The van der Waals surface area contributed by atoms with Crippen molar-refractivity contribution in [2.24, 2.45) is 5.73 Å². The van der Waals surface area contributed by atoms with Gasteiger partial charge in [-0.15, -0.1) is 0 Å². The summed E-state index contributed by atoms with van der Waals surface area (Å²) in [6, 6.07) is 4.40. The van der Waals surface area contributed by atoms with Gasteiger partial charge in [0.2, 0.25) is 0 Å². The van der Waals surface area contributed by atoms with Crippen molar-refractivity contribution in [1.29, 1.82) is 0 Å². The lowest BCUT2D eigenvalue weighted by Gasteiger charge is -2.28. The van der Waals surface area contributed by atoms with Gasteiger partial charge in [-0.05, 0) is 72.7 Å². The van der Waals surface area contributed by atoms with Gasteiger partial charge in [-0.1, -0.05) is 0 Å². The van der Waals surface area contributed by atoms with Gasteiger partial charge in [-0.3, -0.25) is 9.59 Å². The summed E-state index contributed by atoms with van der Waals surface area (Å²) < 4.78 is 21.0. The number of ketones is 1. The van der Waals surface area contributed by atoms with E-state index < -0.39 is 47.2 Å². The Kier molecular flexibility index (Phi) is 9.84. The van der Waals surface area contributed by atoms with Crippen molar-refractivity contribution in [2.75, 3.05) is 13.2 Å². The first-order valence-electron chi connectivity index (χ1n) is 10.6. The zero-order valence-electron chi connectivity index (χ0n) is 20.2. The number of carbonyl (C=O) groups is 4. The van der Waals surface area contributed by atoms with Gasteiger partial charge >= 0.3 is 18.0 Å². The molecule has 10 heteroatoms. The molecule has 1 aromatic carbocycles. The summed E-state index contributed by atoms with van der Waals surface area (Å²) in [5, 5.41) is 2.53. The lowest BCUT2D eigenvalue weighted by molar-refractivity contribution is -0.158. The number of Topliss-reactive ketones (excluding diaryl/α,β-unsaturated/α-hetero) is 1. The number of alkyl carbamates (subject to hydrolysis) is 1. The minimum Gasteiger partial charge on any atom is -0.486 e. The Morgan fingerprint density at radius 2 is 1.48 bits per heavy atom. The highest BCUT2D eigenvalue weighted by atomic mass is 16.6. The number of nitrogens with two attached hydrogens (primary N) is 1. The summed E-state index contributed by atoms with van der Waals surface area (Å²) in [6.07, 6.45) is -1.72. The second kappa shape index (κ2) is 11.6. The van der Waals surface area contributed by atoms with Crippen LogP contribution in [0.15, 0.2) is 24.3 Å². The fourth-order valence-corrected chi connectivity index (χ4v) is 2.44. The molecule has 33 heavy (non-hydrogen) atoms. The molecule has 0 radical (unpaired) electrons. The summed E-state index contributed by atoms with van der Waals surface area (Å²) in [5.41, 5.74) is 4.70. The van der Waals surface area contributed by atoms with Crippen molar-refractivity contribution in [1.82, 2.24) is 5.32 Å². The Morgan fingerprint density at radius 3 is 1.97 bits per heavy atom. The van der Waals surface area contributed by atoms with Crippen LogP contribution < -0.4 is 15.8 Å². The molecular weight excluding hydrogens is 432 g/mol. The predicted octanol–water partition coefficient (Wildman–Crippen LogP) is 2.37. The van der Waals surface area contributed by atoms with Gasteiger partial charge in [0.05, 0.1) is 13.2 Å². The van der Waals surface area contributed by atoms with E-state index in [-0.39, 0.29) is 24.5 Å². The summed E-state index contributed by atoms with van der Waals surface area (Å²) in [7, 11) is 0. The van der Waals surface area contributed by atoms with Crippen LogP contribution in [0.25, 0.3) is 0 Å². The molecule has 0 aromatic heterocycles. The fourth-order valence-electron chi connectivity index (χ4n) is 2.44. The van der Waals surface area contributed by atoms with E-state index in [9.17, 15) is 19.2 Å². The maximum atomic E-state index is 12.5. The van der Waals surface area contributed by atoms with Crippen LogP contribution >= 0.6 is 0 Å². The molecule has 0 spiro atoms. The Bertz CT molecular complexity index is 838. The van der Waals surface area contributed by atoms with Gasteiger partial charge < -0.3 is 30.0 Å². The minimum atomic E-state index is -1.24. The van der Waals surface area contributed by atoms with Gasteiger partial charge in [0.25, 0.3) is 5.78 Å². The average Bonchev–Trinajstić information content (AvgIpc) is 2.68. The first-order chi connectivity index (χ1) is 15.1. The highest BCUT2D eigenvalue weighted by molar-refractivity contribution is 6.40. The quantitative estimate of drug-likeness (QED) is 0.243. The van der Waals surface area contributed by atoms with Crippen LogP contribution in [0.3, 0.4) is 0 Å². The number of ether oxygens (including phenoxy) is 4. The van der Waals surface area contributed by atoms with Crippen LogP contribution in [0.5, 0.6) is 5.75 Å². The summed E-state index contributed by atoms with van der Waals surface area (Å²) >= 11 is 0. The van der Waals surface area contributed by atoms with Crippen LogP contribution in [0.2, 0.25) is 0 Å². The second-order valence-corrected chi connectivity index (χ2v) is 9.17. The molecule has 184 valence electrons. The number of carbonyl (C=O) groups excluding carboxylic acids is 4. The Hall–Kier alpha value is -3.14. The molecule has 0 aliphatic heterocycles. The largest absolute Gasteiger partial charge is 0.486 e. The monoisotopic (exact) mass is 466 g/mol. The molecule has 0 aliphatic rings. The summed E-state index contributed by atoms with van der Waals surface area (Å²) in [4.78, 5) is 48.2. The molecule has 0 saturated carbocycles. The van der Waals surface area contributed by atoms with Gasteiger partial charge in [0.1, 0.15) is 29.1 Å². The van der Waals surface area contributed by atoms with Crippen LogP contribution in [-0.2, 0) is 23.8 Å². The van der Waals surface area contributed by atoms with E-state index in [1.54, 1.807) is 48.5 Å². The normalized spacial score (nSPS) is 13.3. The molecule has 0 heterocycles. The van der Waals surface area contributed by atoms with Crippen LogP contribution in [0, 0.1) is 0 Å². The molecule has 0 aliphatic carbocycles. The number of amides is 1. The molecule has 1 aromatic rings. The van der Waals surface area contributed by atoms with E-state index in [4.69, 9.17) is 24.7 Å². The zero-order valence-corrected chi connectivity index (χ0v) is 20.2. The van der Waals surface area contributed by atoms with Gasteiger partial charge in [-0.25, -0.2) is 9.59 Å². The number of hydrogen-bond donors (Lipinski definition) is 2. The van der Waals surface area contributed by atoms with Crippen molar-refractivity contribution in [3.8, 4) is 5.75 Å². The van der Waals surface area contributed by atoms with E-state index in [2.05, 4.69) is 5.32 Å². The lowest BCUT2D eigenvalue weighted by Crippen LogP contribution is -2.53. The number of rotatable bonds is 9. The van der Waals surface area contributed by atoms with E-state index in [1.807, 2.05) is 0 Å². The lowest BCUT2D eigenvalue weighted by atomic mass is 10.1. The zero-order chi connectivity index (χ0) is 25.4. The first-order valence-corrected chi connectivity index (χ1v) is 10.6. The molecule has 1 rings (SSSR count). The molecule has 0 saturated heterocycles. The van der Waals surface area contributed by atoms with E-state index in [1.165, 1.54) is 24.3 Å². The average molecular weight is 467 g/mol. The predicted molar refractivity (Wildman–Crippen MR) is 120 cm³/mol. The van der Waals surface area contributed by atoms with Crippen molar-refractivity contribution in [2.45, 2.75) is 71.8 Å². The minimum absolute atomic E-state index is 0.0840. The van der Waals surface area contributed by atoms with Gasteiger partial charge in [0.15, 0.2) is 0 Å². The molecule has 10 nitrogen and oxygen atoms in total. The van der Waals surface area contributed by atoms with E-state index in [0.29, 0.717) is 0 Å². The SMILES string of the molecule is CCOC(=O)C(=O)c1ccc(OC(CNC(=O)OC(C)(C)C)C(N)C(=O)OC(C)(C)C)cc1. The van der Waals surface area contributed by atoms with Crippen LogP contribution in [-0.4, -0.2) is 60.3 Å². The van der Waals surface area contributed by atoms with Gasteiger partial charge in [0, 0.05) is 5.56 Å². The number of hydrogen-bond acceptors (Lipinski definition) is 9. The van der Waals surface area contributed by atoms with Crippen molar-refractivity contribution >= 4 is 23.8 Å². The van der Waals surface area contributed by atoms with E-state index >= 15 is 0 Å². The van der Waals surface area contributed by atoms with Crippen molar-refractivity contribution in [3.63, 3.8) is 0 Å². The highest BCUT2D eigenvalue weighted by Gasteiger charge is 2.32. The number of benzene rings is 1. The highest BCUT2D eigenvalue weighted by Crippen LogP contribution is 2.17. The molecule has 3 N–H and O–H groups in total. The third-order valence-electron chi connectivity index (χ3n) is 3.79. The van der Waals surface area contributed by atoms with Crippen LogP contribution in [0.4, 0.5) is 4.79 Å². The summed E-state index contributed by atoms with van der Waals surface area (Å²) in [5.74, 6) is -2.22. The Morgan fingerprint density at radius 1 is 0.939 bits per heavy atom. The van der Waals surface area contributed by atoms with Crippen molar-refractivity contribution in [3.05, 3.63) is 29.8 Å². The third kappa shape index (κ3) is 10.3. The third-order valence-corrected chi connectivity index (χ3v) is 3.79. The first kappa shape index (κ1) is 27.9. The second-order valence-electron chi connectivity index (χ2n) is 9.17. The maximum Gasteiger partial charge on any atom is 0.407 e. The van der Waals surface area contributed by atoms with Gasteiger partial charge in [-0.2, -0.15) is 0 Å². The standard InChI is InChI=1S/C23H34N2O8/c1-8-30-20(28)18(26)14-9-11-15(12-10-14)31-16(13-25-21(29)33-23(5,6)7)17(24)19(27)32-22(2,3)4/h9-12,16-17H,8,13,24H2,1-7H3,(H,25,29).